The number of carboxylic acids is 3. The van der Waals surface area contributed by atoms with Gasteiger partial charge in [-0.05, 0) is 37.1 Å². The zero-order valence-corrected chi connectivity index (χ0v) is 22.9. The molecule has 0 aliphatic carbocycles. The van der Waals surface area contributed by atoms with E-state index in [4.69, 9.17) is 29.7 Å². The minimum absolute atomic E-state index is 0.254. The number of amides is 1. The summed E-state index contributed by atoms with van der Waals surface area (Å²) in [5.41, 5.74) is 3.19. The molecule has 45 heavy (non-hydrogen) atoms. The van der Waals surface area contributed by atoms with Gasteiger partial charge in [0.1, 0.15) is 0 Å². The second kappa shape index (κ2) is 16.0. The van der Waals surface area contributed by atoms with Crippen molar-refractivity contribution in [1.82, 2.24) is 19.8 Å². The van der Waals surface area contributed by atoms with Crippen molar-refractivity contribution >= 4 is 23.8 Å². The standard InChI is InChI=1S/C19H22N4O.3C2HF3O2/c1-14-4-2-6-16(21-14)13-23-17-7-9-22(18(17)10-19(23)24)12-15-5-3-8-20-11-15;3*3-2(4,5)1(6)7/h2-6,8,11,17-18H,7,9-10,12-13H2,1H3;3*(H,6,7)/t17-,18+;;;/m0.../s1. The van der Waals surface area contributed by atoms with E-state index in [0.29, 0.717) is 25.0 Å². The van der Waals surface area contributed by atoms with E-state index < -0.39 is 36.4 Å². The van der Waals surface area contributed by atoms with Gasteiger partial charge in [-0.25, -0.2) is 14.4 Å². The molecular weight excluding hydrogens is 639 g/mol. The van der Waals surface area contributed by atoms with Crippen molar-refractivity contribution in [2.75, 3.05) is 6.54 Å². The van der Waals surface area contributed by atoms with Crippen LogP contribution in [0.25, 0.3) is 0 Å². The Kier molecular flexibility index (Phi) is 13.7. The van der Waals surface area contributed by atoms with Crippen molar-refractivity contribution in [3.05, 3.63) is 59.7 Å². The van der Waals surface area contributed by atoms with Gasteiger partial charge in [-0.15, -0.1) is 0 Å². The molecule has 2 aliphatic rings. The van der Waals surface area contributed by atoms with Crippen molar-refractivity contribution in [3.8, 4) is 0 Å². The van der Waals surface area contributed by atoms with Crippen LogP contribution in [0.3, 0.4) is 0 Å². The number of fused-ring (bicyclic) bond motifs is 1. The summed E-state index contributed by atoms with van der Waals surface area (Å²) in [5, 5.41) is 21.4. The van der Waals surface area contributed by atoms with Gasteiger partial charge >= 0.3 is 36.4 Å². The third-order valence-electron chi connectivity index (χ3n) is 5.84. The summed E-state index contributed by atoms with van der Waals surface area (Å²) < 4.78 is 95.2. The molecule has 2 atom stereocenters. The number of pyridine rings is 2. The second-order valence-electron chi connectivity index (χ2n) is 9.16. The van der Waals surface area contributed by atoms with E-state index >= 15 is 0 Å². The lowest BCUT2D eigenvalue weighted by molar-refractivity contribution is -0.193. The van der Waals surface area contributed by atoms with Crippen LogP contribution < -0.4 is 0 Å². The highest BCUT2D eigenvalue weighted by molar-refractivity contribution is 5.80. The Morgan fingerprint density at radius 3 is 1.76 bits per heavy atom. The minimum Gasteiger partial charge on any atom is -0.475 e. The van der Waals surface area contributed by atoms with Crippen molar-refractivity contribution in [1.29, 1.82) is 0 Å². The second-order valence-corrected chi connectivity index (χ2v) is 9.16. The summed E-state index contributed by atoms with van der Waals surface area (Å²) in [6, 6.07) is 10.7. The fraction of sp³-hybridized carbons (Fsp3) is 0.440. The van der Waals surface area contributed by atoms with E-state index in [0.717, 1.165) is 30.9 Å². The number of alkyl halides is 9. The van der Waals surface area contributed by atoms with Crippen LogP contribution in [0.15, 0.2) is 42.7 Å². The predicted molar refractivity (Wildman–Crippen MR) is 132 cm³/mol. The largest absolute Gasteiger partial charge is 0.490 e. The number of aromatic nitrogens is 2. The molecule has 0 spiro atoms. The first kappa shape index (κ1) is 38.5. The molecule has 4 heterocycles. The van der Waals surface area contributed by atoms with Crippen molar-refractivity contribution in [2.24, 2.45) is 0 Å². The Bertz CT molecular complexity index is 1250. The van der Waals surface area contributed by atoms with Crippen LogP contribution in [-0.2, 0) is 32.3 Å². The van der Waals surface area contributed by atoms with Crippen LogP contribution in [0.4, 0.5) is 39.5 Å². The van der Waals surface area contributed by atoms with E-state index in [9.17, 15) is 44.3 Å². The minimum atomic E-state index is -5.08. The van der Waals surface area contributed by atoms with E-state index in [-0.39, 0.29) is 5.91 Å². The van der Waals surface area contributed by atoms with E-state index in [1.54, 1.807) is 6.20 Å². The molecule has 2 fully saturated rings. The first-order valence-corrected chi connectivity index (χ1v) is 12.3. The van der Waals surface area contributed by atoms with Crippen molar-refractivity contribution in [3.63, 3.8) is 0 Å². The molecule has 0 saturated carbocycles. The molecule has 20 heteroatoms. The monoisotopic (exact) mass is 664 g/mol. The highest BCUT2D eigenvalue weighted by atomic mass is 19.4. The number of likely N-dealkylation sites (tertiary alicyclic amines) is 2. The number of nitrogens with zero attached hydrogens (tertiary/aromatic N) is 4. The maximum atomic E-state index is 12.5. The number of carboxylic acid groups (broad SMARTS) is 3. The number of carbonyl (C=O) groups excluding carboxylic acids is 1. The molecule has 2 aromatic heterocycles. The van der Waals surface area contributed by atoms with Gasteiger partial charge in [-0.3, -0.25) is 19.7 Å². The first-order chi connectivity index (χ1) is 20.5. The topological polar surface area (TPSA) is 161 Å². The lowest BCUT2D eigenvalue weighted by atomic mass is 10.1. The van der Waals surface area contributed by atoms with E-state index in [1.165, 1.54) is 5.56 Å². The highest BCUT2D eigenvalue weighted by Gasteiger charge is 2.46. The SMILES string of the molecule is Cc1cccc(CN2C(=O)C[C@@H]3[C@@H]2CCN3Cc2cccnc2)n1.O=C(O)C(F)(F)F.O=C(O)C(F)(F)F.O=C(O)C(F)(F)F. The average molecular weight is 664 g/mol. The Hall–Kier alpha value is -4.49. The Morgan fingerprint density at radius 2 is 1.33 bits per heavy atom. The zero-order chi connectivity index (χ0) is 34.8. The third kappa shape index (κ3) is 13.4. The normalized spacial score (nSPS) is 17.9. The maximum Gasteiger partial charge on any atom is 0.490 e. The van der Waals surface area contributed by atoms with Gasteiger partial charge in [-0.2, -0.15) is 39.5 Å². The van der Waals surface area contributed by atoms with Crippen LogP contribution in [0.1, 0.15) is 29.8 Å². The van der Waals surface area contributed by atoms with Gasteiger partial charge in [0, 0.05) is 49.7 Å². The van der Waals surface area contributed by atoms with Crippen LogP contribution in [0, 0.1) is 6.92 Å². The number of rotatable bonds is 4. The molecule has 3 N–H and O–H groups in total. The van der Waals surface area contributed by atoms with Crippen molar-refractivity contribution < 1.29 is 74.0 Å². The molecule has 4 rings (SSSR count). The molecule has 0 unspecified atom stereocenters. The summed E-state index contributed by atoms with van der Waals surface area (Å²) >= 11 is 0. The van der Waals surface area contributed by atoms with E-state index in [1.807, 2.05) is 42.3 Å². The number of aliphatic carboxylic acids is 3. The van der Waals surface area contributed by atoms with Gasteiger partial charge in [-0.1, -0.05) is 12.1 Å². The Labute approximate surface area is 247 Å². The van der Waals surface area contributed by atoms with Gasteiger partial charge < -0.3 is 20.2 Å². The zero-order valence-electron chi connectivity index (χ0n) is 22.9. The highest BCUT2D eigenvalue weighted by Crippen LogP contribution is 2.34. The lowest BCUT2D eigenvalue weighted by Crippen LogP contribution is -2.36. The number of hydrogen-bond donors (Lipinski definition) is 3. The Balaban J connectivity index is 0.000000396. The van der Waals surface area contributed by atoms with Crippen LogP contribution >= 0.6 is 0 Å². The van der Waals surface area contributed by atoms with Crippen molar-refractivity contribution in [2.45, 2.75) is 63.5 Å². The van der Waals surface area contributed by atoms with Gasteiger partial charge in [0.15, 0.2) is 0 Å². The smallest absolute Gasteiger partial charge is 0.475 e. The van der Waals surface area contributed by atoms with Gasteiger partial charge in [0.25, 0.3) is 0 Å². The summed E-state index contributed by atoms with van der Waals surface area (Å²) in [6.07, 6.45) is -9.87. The molecular formula is C25H25F9N4O7. The summed E-state index contributed by atoms with van der Waals surface area (Å²) in [4.78, 5) is 52.4. The van der Waals surface area contributed by atoms with E-state index in [2.05, 4.69) is 20.9 Å². The third-order valence-corrected chi connectivity index (χ3v) is 5.84. The number of carbonyl (C=O) groups is 4. The number of aryl methyl sites for hydroxylation is 1. The maximum absolute atomic E-state index is 12.5. The van der Waals surface area contributed by atoms with Crippen LogP contribution in [0.5, 0.6) is 0 Å². The molecule has 0 radical (unpaired) electrons. The molecule has 2 saturated heterocycles. The van der Waals surface area contributed by atoms with Crippen LogP contribution in [0.2, 0.25) is 0 Å². The van der Waals surface area contributed by atoms with Gasteiger partial charge in [0.2, 0.25) is 5.91 Å². The summed E-state index contributed by atoms with van der Waals surface area (Å²) in [6.45, 7) is 4.53. The van der Waals surface area contributed by atoms with Gasteiger partial charge in [0.05, 0.1) is 12.2 Å². The number of halogens is 9. The predicted octanol–water partition coefficient (Wildman–Crippen LogP) is 4.06. The molecule has 2 aromatic rings. The Morgan fingerprint density at radius 1 is 0.822 bits per heavy atom. The molecule has 11 nitrogen and oxygen atoms in total. The molecule has 250 valence electrons. The first-order valence-electron chi connectivity index (χ1n) is 12.3. The fourth-order valence-electron chi connectivity index (χ4n) is 4.00. The molecule has 0 bridgehead atoms. The summed E-state index contributed by atoms with van der Waals surface area (Å²) in [5.74, 6) is -8.02. The quantitative estimate of drug-likeness (QED) is 0.407. The molecule has 2 aliphatic heterocycles. The lowest BCUT2D eigenvalue weighted by Gasteiger charge is -2.25. The number of hydrogen-bond acceptors (Lipinski definition) is 7. The summed E-state index contributed by atoms with van der Waals surface area (Å²) in [7, 11) is 0. The molecule has 1 amide bonds. The molecule has 0 aromatic carbocycles. The fourth-order valence-corrected chi connectivity index (χ4v) is 4.00. The van der Waals surface area contributed by atoms with Crippen LogP contribution in [-0.4, -0.2) is 96.1 Å². The average Bonchev–Trinajstić information content (AvgIpc) is 3.43.